The molecule has 0 spiro atoms. The molecule has 0 amide bonds. The zero-order valence-corrected chi connectivity index (χ0v) is 42.0. The summed E-state index contributed by atoms with van der Waals surface area (Å²) in [6, 6.07) is 3.94. The number of alkyl halides is 24. The summed E-state index contributed by atoms with van der Waals surface area (Å²) in [5, 5.41) is 32.9. The third kappa shape index (κ3) is 19.9. The van der Waals surface area contributed by atoms with Crippen LogP contribution in [0.4, 0.5) is 105 Å². The van der Waals surface area contributed by atoms with Gasteiger partial charge >= 0.3 is 49.4 Å². The molecule has 4 heterocycles. The van der Waals surface area contributed by atoms with Gasteiger partial charge in [0.15, 0.2) is 23.0 Å². The maximum absolute atomic E-state index is 12.7. The van der Waals surface area contributed by atoms with Crippen LogP contribution < -0.4 is 0 Å². The number of oxazole rings is 4. The standard InChI is InChI=1S/4C12H7F6NO3/c4*13-11(14,15)7-1-6(2-8(3-7)12(16,17)18)10-19-4-9(22-10)5-21-20/h4*1-4,20H,5H2. The summed E-state index contributed by atoms with van der Waals surface area (Å²) in [5.41, 5.74) is -13.8. The van der Waals surface area contributed by atoms with Crippen molar-refractivity contribution in [3.05, 3.63) is 165 Å². The van der Waals surface area contributed by atoms with Gasteiger partial charge in [-0.15, -0.1) is 0 Å². The van der Waals surface area contributed by atoms with Crippen LogP contribution in [0.25, 0.3) is 45.8 Å². The highest BCUT2D eigenvalue weighted by molar-refractivity contribution is 5.60. The largest absolute Gasteiger partial charge is 0.439 e. The molecule has 0 aliphatic heterocycles. The van der Waals surface area contributed by atoms with Crippen molar-refractivity contribution < 1.29 is 164 Å². The van der Waals surface area contributed by atoms with Gasteiger partial charge in [0.05, 0.1) is 69.3 Å². The first-order valence-electron chi connectivity index (χ1n) is 22.5. The molecular weight excluding hydrogens is 1280 g/mol. The lowest BCUT2D eigenvalue weighted by molar-refractivity contribution is -0.256. The lowest BCUT2D eigenvalue weighted by Gasteiger charge is -2.13. The molecule has 0 aliphatic rings. The summed E-state index contributed by atoms with van der Waals surface area (Å²) in [7, 11) is 0. The van der Waals surface area contributed by atoms with Gasteiger partial charge < -0.3 is 17.7 Å². The van der Waals surface area contributed by atoms with Gasteiger partial charge in [-0.2, -0.15) is 105 Å². The van der Waals surface area contributed by atoms with Crippen molar-refractivity contribution in [2.75, 3.05) is 0 Å². The Bertz CT molecular complexity index is 2980. The van der Waals surface area contributed by atoms with Crippen LogP contribution in [-0.4, -0.2) is 41.0 Å². The second-order valence-corrected chi connectivity index (χ2v) is 16.8. The molecule has 4 aromatic carbocycles. The summed E-state index contributed by atoms with van der Waals surface area (Å²) in [6.07, 6.45) is -35.6. The van der Waals surface area contributed by atoms with Crippen molar-refractivity contribution in [2.24, 2.45) is 0 Å². The molecule has 8 rings (SSSR count). The molecule has 4 N–H and O–H groups in total. The Morgan fingerprint density at radius 2 is 0.386 bits per heavy atom. The molecule has 88 heavy (non-hydrogen) atoms. The fraction of sp³-hybridized carbons (Fsp3) is 0.250. The van der Waals surface area contributed by atoms with E-state index in [2.05, 4.69) is 39.5 Å². The van der Waals surface area contributed by atoms with Crippen LogP contribution in [0.5, 0.6) is 0 Å². The topological polar surface area (TPSA) is 222 Å². The minimum atomic E-state index is -4.96. The third-order valence-corrected chi connectivity index (χ3v) is 10.4. The van der Waals surface area contributed by atoms with Crippen molar-refractivity contribution in [2.45, 2.75) is 75.8 Å². The monoisotopic (exact) mass is 1310 g/mol. The van der Waals surface area contributed by atoms with Crippen molar-refractivity contribution in [3.63, 3.8) is 0 Å². The molecule has 0 bridgehead atoms. The van der Waals surface area contributed by atoms with Crippen LogP contribution in [0, 0.1) is 0 Å². The van der Waals surface area contributed by atoms with Crippen molar-refractivity contribution >= 4 is 0 Å². The Morgan fingerprint density at radius 3 is 0.500 bits per heavy atom. The second-order valence-electron chi connectivity index (χ2n) is 16.8. The van der Waals surface area contributed by atoms with E-state index in [9.17, 15) is 105 Å². The summed E-state index contributed by atoms with van der Waals surface area (Å²) in [6.45, 7) is -1.79. The highest BCUT2D eigenvalue weighted by Gasteiger charge is 2.41. The second kappa shape index (κ2) is 27.4. The molecule has 0 aliphatic carbocycles. The van der Waals surface area contributed by atoms with Crippen LogP contribution in [0.2, 0.25) is 0 Å². The van der Waals surface area contributed by atoms with E-state index in [-0.39, 0.29) is 47.3 Å². The van der Waals surface area contributed by atoms with Crippen LogP contribution in [0.1, 0.15) is 67.5 Å². The lowest BCUT2D eigenvalue weighted by Crippen LogP contribution is -2.11. The third-order valence-electron chi connectivity index (χ3n) is 10.4. The van der Waals surface area contributed by atoms with E-state index in [0.717, 1.165) is 24.8 Å². The van der Waals surface area contributed by atoms with Gasteiger partial charge in [-0.3, -0.25) is 21.0 Å². The first-order chi connectivity index (χ1) is 40.4. The first-order valence-corrected chi connectivity index (χ1v) is 22.5. The number of aromatic nitrogens is 4. The van der Waals surface area contributed by atoms with E-state index < -0.39 is 166 Å². The van der Waals surface area contributed by atoms with Gasteiger partial charge in [-0.1, -0.05) is 0 Å². The normalized spacial score (nSPS) is 12.7. The molecule has 0 atom stereocenters. The molecule has 0 radical (unpaired) electrons. The van der Waals surface area contributed by atoms with E-state index in [1.807, 2.05) is 0 Å². The van der Waals surface area contributed by atoms with Crippen molar-refractivity contribution in [1.29, 1.82) is 0 Å². The average Bonchev–Trinajstić information content (AvgIpc) is 3.64. The molecule has 4 aromatic heterocycles. The van der Waals surface area contributed by atoms with E-state index >= 15 is 0 Å². The average molecular weight is 1310 g/mol. The van der Waals surface area contributed by atoms with E-state index in [1.165, 1.54) is 0 Å². The molecule has 8 aromatic rings. The predicted octanol–water partition coefficient (Wildman–Crippen LogP) is 17.5. The van der Waals surface area contributed by atoms with Gasteiger partial charge in [0.1, 0.15) is 26.4 Å². The molecular formula is C48H28F24N4O12. The molecule has 40 heteroatoms. The first kappa shape index (κ1) is 70.5. The lowest BCUT2D eigenvalue weighted by atomic mass is 10.0. The Labute approximate surface area is 470 Å². The summed E-state index contributed by atoms with van der Waals surface area (Å²) in [5.74, 6) is -2.08. The predicted molar refractivity (Wildman–Crippen MR) is 237 cm³/mol. The highest BCUT2D eigenvalue weighted by atomic mass is 19.4. The van der Waals surface area contributed by atoms with Crippen LogP contribution >= 0.6 is 0 Å². The zero-order valence-electron chi connectivity index (χ0n) is 42.0. The van der Waals surface area contributed by atoms with Crippen molar-refractivity contribution in [3.8, 4) is 45.8 Å². The van der Waals surface area contributed by atoms with Crippen LogP contribution in [0.15, 0.2) is 115 Å². The smallest absolute Gasteiger partial charge is 0.416 e. The number of halogens is 24. The molecule has 0 saturated heterocycles. The Morgan fingerprint density at radius 1 is 0.250 bits per heavy atom. The zero-order chi connectivity index (χ0) is 66.2. The number of hydrogen-bond acceptors (Lipinski definition) is 16. The summed E-state index contributed by atoms with van der Waals surface area (Å²) in [4.78, 5) is 29.2. The van der Waals surface area contributed by atoms with Gasteiger partial charge in [0, 0.05) is 22.3 Å². The summed E-state index contributed by atoms with van der Waals surface area (Å²) < 4.78 is 325. The van der Waals surface area contributed by atoms with Gasteiger partial charge in [0.2, 0.25) is 23.6 Å². The summed E-state index contributed by atoms with van der Waals surface area (Å²) >= 11 is 0. The number of hydrogen-bond donors (Lipinski definition) is 4. The Kier molecular flexibility index (Phi) is 22.0. The van der Waals surface area contributed by atoms with Gasteiger partial charge in [0.25, 0.3) is 0 Å². The van der Waals surface area contributed by atoms with Gasteiger partial charge in [-0.05, 0) is 72.8 Å². The molecule has 480 valence electrons. The molecule has 0 fully saturated rings. The molecule has 16 nitrogen and oxygen atoms in total. The van der Waals surface area contributed by atoms with Crippen LogP contribution in [0.3, 0.4) is 0 Å². The highest BCUT2D eigenvalue weighted by Crippen LogP contribution is 2.43. The van der Waals surface area contributed by atoms with E-state index in [1.54, 1.807) is 0 Å². The van der Waals surface area contributed by atoms with Crippen LogP contribution in [-0.2, 0) is 95.4 Å². The fourth-order valence-corrected chi connectivity index (χ4v) is 6.60. The number of rotatable bonds is 12. The maximum Gasteiger partial charge on any atom is 0.416 e. The quantitative estimate of drug-likeness (QED) is 0.0507. The number of benzene rings is 4. The molecule has 0 saturated carbocycles. The van der Waals surface area contributed by atoms with Crippen molar-refractivity contribution in [1.82, 2.24) is 19.9 Å². The maximum atomic E-state index is 12.7. The fourth-order valence-electron chi connectivity index (χ4n) is 6.60. The SMILES string of the molecule is OOCc1cnc(-c2cc(C(F)(F)F)cc(C(F)(F)F)c2)o1.OOCc1cnc(-c2cc(C(F)(F)F)cc(C(F)(F)F)c2)o1.OOCc1cnc(-c2cc(C(F)(F)F)cc(C(F)(F)F)c2)o1.OOCc1cnc(-c2cc(C(F)(F)F)cc(C(F)(F)F)c2)o1. The van der Waals surface area contributed by atoms with E-state index in [0.29, 0.717) is 48.5 Å². The minimum Gasteiger partial charge on any atom is -0.439 e. The van der Waals surface area contributed by atoms with E-state index in [4.69, 9.17) is 38.7 Å². The number of nitrogens with zero attached hydrogens (tertiary/aromatic N) is 4. The van der Waals surface area contributed by atoms with Gasteiger partial charge in [-0.25, -0.2) is 39.5 Å². The molecule has 0 unspecified atom stereocenters. The Hall–Kier alpha value is -8.28. The minimum absolute atomic E-state index is 0.00415. The Balaban J connectivity index is 0.000000214.